The maximum Gasteiger partial charge on any atom is 0.0456 e. The van der Waals surface area contributed by atoms with Crippen LogP contribution in [0.25, 0.3) is 10.9 Å². The van der Waals surface area contributed by atoms with Crippen LogP contribution in [0.3, 0.4) is 0 Å². The number of aromatic nitrogens is 2. The average molecular weight is 298 g/mol. The minimum Gasteiger partial charge on any atom is -0.358 e. The Morgan fingerprint density at radius 1 is 0.818 bits per heavy atom. The van der Waals surface area contributed by atoms with Crippen LogP contribution in [0, 0.1) is 0 Å². The smallest absolute Gasteiger partial charge is 0.0456 e. The van der Waals surface area contributed by atoms with Gasteiger partial charge in [-0.05, 0) is 35.6 Å². The summed E-state index contributed by atoms with van der Waals surface area (Å²) in [4.78, 5) is 7.18. The monoisotopic (exact) mass is 298 g/mol. The highest BCUT2D eigenvalue weighted by Crippen LogP contribution is 2.20. The SMILES string of the molecule is CC.CC.CC(C)c1cc2ccccc2[nH]1.c1ccncc1. The van der Waals surface area contributed by atoms with Gasteiger partial charge in [0.2, 0.25) is 0 Å². The molecule has 0 fully saturated rings. The largest absolute Gasteiger partial charge is 0.358 e. The minimum absolute atomic E-state index is 0.581. The van der Waals surface area contributed by atoms with Gasteiger partial charge in [0.05, 0.1) is 0 Å². The average Bonchev–Trinajstić information content (AvgIpc) is 3.05. The molecule has 2 nitrogen and oxygen atoms in total. The normalized spacial score (nSPS) is 8.86. The van der Waals surface area contributed by atoms with Crippen molar-refractivity contribution in [2.24, 2.45) is 0 Å². The minimum atomic E-state index is 0.581. The van der Waals surface area contributed by atoms with Crippen molar-refractivity contribution in [1.82, 2.24) is 9.97 Å². The van der Waals surface area contributed by atoms with Crippen molar-refractivity contribution in [3.63, 3.8) is 0 Å². The molecule has 0 aliphatic heterocycles. The van der Waals surface area contributed by atoms with E-state index in [-0.39, 0.29) is 0 Å². The molecule has 22 heavy (non-hydrogen) atoms. The summed E-state index contributed by atoms with van der Waals surface area (Å²) < 4.78 is 0. The van der Waals surface area contributed by atoms with Gasteiger partial charge < -0.3 is 4.98 Å². The van der Waals surface area contributed by atoms with Crippen molar-refractivity contribution in [2.45, 2.75) is 47.5 Å². The van der Waals surface area contributed by atoms with Crippen molar-refractivity contribution in [2.75, 3.05) is 0 Å². The summed E-state index contributed by atoms with van der Waals surface area (Å²) in [5, 5.41) is 1.31. The highest BCUT2D eigenvalue weighted by atomic mass is 14.7. The molecule has 120 valence electrons. The molecule has 2 heteroatoms. The number of hydrogen-bond donors (Lipinski definition) is 1. The van der Waals surface area contributed by atoms with E-state index in [0.29, 0.717) is 5.92 Å². The third-order valence-corrected chi connectivity index (χ3v) is 2.74. The van der Waals surface area contributed by atoms with Crippen LogP contribution in [-0.2, 0) is 0 Å². The van der Waals surface area contributed by atoms with Crippen molar-refractivity contribution in [3.05, 3.63) is 66.6 Å². The van der Waals surface area contributed by atoms with Crippen LogP contribution in [-0.4, -0.2) is 9.97 Å². The number of H-pyrrole nitrogens is 1. The lowest BCUT2D eigenvalue weighted by molar-refractivity contribution is 0.836. The fourth-order valence-electron chi connectivity index (χ4n) is 1.72. The molecule has 0 unspecified atom stereocenters. The number of para-hydroxylation sites is 1. The molecule has 1 aromatic carbocycles. The van der Waals surface area contributed by atoms with Crippen LogP contribution < -0.4 is 0 Å². The first-order valence-electron chi connectivity index (χ1n) is 8.20. The molecular weight excluding hydrogens is 268 g/mol. The molecular formula is C20H30N2. The molecule has 0 bridgehead atoms. The zero-order chi connectivity index (χ0) is 16.8. The number of fused-ring (bicyclic) bond motifs is 1. The van der Waals surface area contributed by atoms with E-state index in [1.54, 1.807) is 12.4 Å². The van der Waals surface area contributed by atoms with Crippen molar-refractivity contribution in [3.8, 4) is 0 Å². The molecule has 0 saturated heterocycles. The van der Waals surface area contributed by atoms with Crippen LogP contribution in [0.2, 0.25) is 0 Å². The first-order valence-corrected chi connectivity index (χ1v) is 8.20. The van der Waals surface area contributed by atoms with Gasteiger partial charge in [-0.15, -0.1) is 0 Å². The van der Waals surface area contributed by atoms with E-state index >= 15 is 0 Å². The molecule has 0 radical (unpaired) electrons. The fraction of sp³-hybridized carbons (Fsp3) is 0.350. The van der Waals surface area contributed by atoms with Gasteiger partial charge in [0, 0.05) is 23.6 Å². The van der Waals surface area contributed by atoms with Gasteiger partial charge >= 0.3 is 0 Å². The van der Waals surface area contributed by atoms with Crippen LogP contribution in [0.4, 0.5) is 0 Å². The lowest BCUT2D eigenvalue weighted by Crippen LogP contribution is -1.84. The number of nitrogens with zero attached hydrogens (tertiary/aromatic N) is 1. The predicted molar refractivity (Wildman–Crippen MR) is 99.3 cm³/mol. The zero-order valence-electron chi connectivity index (χ0n) is 14.8. The van der Waals surface area contributed by atoms with E-state index in [4.69, 9.17) is 0 Å². The van der Waals surface area contributed by atoms with Crippen molar-refractivity contribution >= 4 is 10.9 Å². The van der Waals surface area contributed by atoms with Gasteiger partial charge in [-0.25, -0.2) is 0 Å². The Bertz CT molecular complexity index is 523. The highest BCUT2D eigenvalue weighted by molar-refractivity contribution is 5.80. The molecule has 0 aliphatic rings. The molecule has 2 heterocycles. The Morgan fingerprint density at radius 2 is 1.41 bits per heavy atom. The first kappa shape index (κ1) is 19.9. The Labute approximate surface area is 135 Å². The highest BCUT2D eigenvalue weighted by Gasteiger charge is 2.02. The lowest BCUT2D eigenvalue weighted by atomic mass is 10.1. The van der Waals surface area contributed by atoms with Crippen LogP contribution in [0.15, 0.2) is 60.9 Å². The first-order chi connectivity index (χ1) is 10.8. The summed E-state index contributed by atoms with van der Waals surface area (Å²) >= 11 is 0. The summed E-state index contributed by atoms with van der Waals surface area (Å²) in [6.07, 6.45) is 3.50. The van der Waals surface area contributed by atoms with Gasteiger partial charge in [0.15, 0.2) is 0 Å². The third-order valence-electron chi connectivity index (χ3n) is 2.74. The van der Waals surface area contributed by atoms with Crippen LogP contribution in [0.1, 0.15) is 53.2 Å². The Kier molecular flexibility index (Phi) is 11.4. The predicted octanol–water partition coefficient (Wildman–Crippen LogP) is 6.43. The topological polar surface area (TPSA) is 28.7 Å². The molecule has 0 amide bonds. The molecule has 0 aliphatic carbocycles. The van der Waals surface area contributed by atoms with E-state index in [0.717, 1.165) is 0 Å². The number of rotatable bonds is 1. The van der Waals surface area contributed by atoms with Crippen molar-refractivity contribution in [1.29, 1.82) is 0 Å². The van der Waals surface area contributed by atoms with Gasteiger partial charge in [-0.2, -0.15) is 0 Å². The standard InChI is InChI=1S/C11H13N.C5H5N.2C2H6/c1-8(2)11-7-9-5-3-4-6-10(9)12-11;1-2-4-6-5-3-1;2*1-2/h3-8,12H,1-2H3;1-5H;2*1-2H3. The molecule has 1 N–H and O–H groups in total. The summed E-state index contributed by atoms with van der Waals surface area (Å²) in [5.74, 6) is 0.581. The second-order valence-corrected chi connectivity index (χ2v) is 4.49. The zero-order valence-corrected chi connectivity index (χ0v) is 14.8. The Hall–Kier alpha value is -2.09. The second-order valence-electron chi connectivity index (χ2n) is 4.49. The molecule has 3 rings (SSSR count). The fourth-order valence-corrected chi connectivity index (χ4v) is 1.72. The lowest BCUT2D eigenvalue weighted by Gasteiger charge is -1.97. The van der Waals surface area contributed by atoms with Crippen LogP contribution in [0.5, 0.6) is 0 Å². The second kappa shape index (κ2) is 12.6. The van der Waals surface area contributed by atoms with Gasteiger partial charge in [-0.1, -0.05) is 65.8 Å². The number of aromatic amines is 1. The van der Waals surface area contributed by atoms with Crippen molar-refractivity contribution < 1.29 is 0 Å². The van der Waals surface area contributed by atoms with E-state index in [2.05, 4.69) is 54.1 Å². The summed E-state index contributed by atoms with van der Waals surface area (Å²) in [6.45, 7) is 12.4. The van der Waals surface area contributed by atoms with Gasteiger partial charge in [-0.3, -0.25) is 4.98 Å². The third kappa shape index (κ3) is 7.07. The van der Waals surface area contributed by atoms with E-state index in [9.17, 15) is 0 Å². The quantitative estimate of drug-likeness (QED) is 0.551. The summed E-state index contributed by atoms with van der Waals surface area (Å²) in [7, 11) is 0. The van der Waals surface area contributed by atoms with E-state index < -0.39 is 0 Å². The summed E-state index contributed by atoms with van der Waals surface area (Å²) in [5.41, 5.74) is 2.55. The number of hydrogen-bond acceptors (Lipinski definition) is 1. The van der Waals surface area contributed by atoms with Gasteiger partial charge in [0.25, 0.3) is 0 Å². The molecule has 3 aromatic rings. The number of benzene rings is 1. The molecule has 0 saturated carbocycles. The summed E-state index contributed by atoms with van der Waals surface area (Å²) in [6, 6.07) is 16.3. The van der Waals surface area contributed by atoms with Gasteiger partial charge in [0.1, 0.15) is 0 Å². The Morgan fingerprint density at radius 3 is 1.82 bits per heavy atom. The van der Waals surface area contributed by atoms with Crippen LogP contribution >= 0.6 is 0 Å². The molecule has 0 spiro atoms. The number of pyridine rings is 1. The van der Waals surface area contributed by atoms with E-state index in [1.165, 1.54) is 16.6 Å². The number of nitrogens with one attached hydrogen (secondary N) is 1. The molecule has 2 aromatic heterocycles. The Balaban J connectivity index is 0.000000373. The molecule has 0 atom stereocenters. The maximum absolute atomic E-state index is 3.78. The maximum atomic E-state index is 3.78. The van der Waals surface area contributed by atoms with E-state index in [1.807, 2.05) is 45.9 Å².